The van der Waals surface area contributed by atoms with E-state index in [1.165, 1.54) is 25.0 Å². The van der Waals surface area contributed by atoms with Crippen molar-refractivity contribution in [3.63, 3.8) is 0 Å². The number of carbonyl (C=O) groups excluding carboxylic acids is 1. The molecule has 3 heterocycles. The summed E-state index contributed by atoms with van der Waals surface area (Å²) in [6.45, 7) is 3.41. The number of nitrogens with one attached hydrogen (secondary N) is 3. The molecule has 27 heavy (non-hydrogen) atoms. The highest BCUT2D eigenvalue weighted by Crippen LogP contribution is 2.29. The second kappa shape index (κ2) is 7.08. The molecule has 136 valence electrons. The number of nitrogens with zero attached hydrogens (tertiary/aromatic N) is 5. The summed E-state index contributed by atoms with van der Waals surface area (Å²) in [6, 6.07) is 11.3. The van der Waals surface area contributed by atoms with Crippen molar-refractivity contribution in [2.24, 2.45) is 0 Å². The minimum atomic E-state index is -0.0985. The van der Waals surface area contributed by atoms with E-state index in [4.69, 9.17) is 0 Å². The Bertz CT molecular complexity index is 1100. The number of benzene rings is 1. The number of fused-ring (bicyclic) bond motifs is 1. The van der Waals surface area contributed by atoms with Gasteiger partial charge in [0, 0.05) is 35.3 Å². The zero-order valence-electron chi connectivity index (χ0n) is 14.6. The van der Waals surface area contributed by atoms with E-state index in [9.17, 15) is 4.79 Å². The molecule has 0 saturated carbocycles. The lowest BCUT2D eigenvalue weighted by atomic mass is 10.3. The topological polar surface area (TPSA) is 113 Å². The van der Waals surface area contributed by atoms with Gasteiger partial charge < -0.3 is 10.6 Å². The zero-order valence-corrected chi connectivity index (χ0v) is 15.4. The molecule has 3 aromatic heterocycles. The molecule has 0 saturated heterocycles. The average molecular weight is 380 g/mol. The van der Waals surface area contributed by atoms with Crippen LogP contribution in [0, 0.1) is 6.92 Å². The maximum Gasteiger partial charge on any atom is 0.232 e. The molecule has 0 aliphatic carbocycles. The monoisotopic (exact) mass is 380 g/mol. The molecule has 4 rings (SSSR count). The van der Waals surface area contributed by atoms with Gasteiger partial charge in [-0.15, -0.1) is 0 Å². The largest absolute Gasteiger partial charge is 0.326 e. The Kier molecular flexibility index (Phi) is 4.47. The van der Waals surface area contributed by atoms with Gasteiger partial charge in [0.05, 0.1) is 0 Å². The van der Waals surface area contributed by atoms with E-state index in [0.717, 1.165) is 21.3 Å². The van der Waals surface area contributed by atoms with Crippen molar-refractivity contribution in [3.8, 4) is 0 Å². The van der Waals surface area contributed by atoms with Crippen LogP contribution in [0.2, 0.25) is 0 Å². The maximum atomic E-state index is 11.1. The van der Waals surface area contributed by atoms with Gasteiger partial charge in [-0.1, -0.05) is 11.8 Å². The maximum absolute atomic E-state index is 11.1. The molecule has 9 nitrogen and oxygen atoms in total. The summed E-state index contributed by atoms with van der Waals surface area (Å²) in [5.74, 6) is 1.08. The van der Waals surface area contributed by atoms with Crippen molar-refractivity contribution in [2.45, 2.75) is 23.8 Å². The molecule has 0 spiro atoms. The van der Waals surface area contributed by atoms with Gasteiger partial charge in [0.15, 0.2) is 11.5 Å². The SMILES string of the molecule is CC(=O)Nc1ccc(Sc2cc3ncnn3c(Nc3cc(C)[nH]n3)n2)cc1. The number of aromatic nitrogens is 6. The van der Waals surface area contributed by atoms with E-state index in [-0.39, 0.29) is 5.91 Å². The van der Waals surface area contributed by atoms with Gasteiger partial charge in [-0.05, 0) is 31.2 Å². The van der Waals surface area contributed by atoms with Gasteiger partial charge >= 0.3 is 0 Å². The number of aryl methyl sites for hydroxylation is 1. The summed E-state index contributed by atoms with van der Waals surface area (Å²) in [5.41, 5.74) is 2.37. The molecule has 1 aromatic carbocycles. The molecule has 0 bridgehead atoms. The molecule has 0 radical (unpaired) electrons. The summed E-state index contributed by atoms with van der Waals surface area (Å²) in [6.07, 6.45) is 1.48. The molecule has 10 heteroatoms. The highest BCUT2D eigenvalue weighted by atomic mass is 32.2. The van der Waals surface area contributed by atoms with Crippen molar-refractivity contribution in [1.82, 2.24) is 29.8 Å². The summed E-state index contributed by atoms with van der Waals surface area (Å²) in [5, 5.41) is 17.9. The quantitative estimate of drug-likeness (QED) is 0.456. The average Bonchev–Trinajstić information content (AvgIpc) is 3.25. The number of carbonyl (C=O) groups is 1. The van der Waals surface area contributed by atoms with Gasteiger partial charge in [0.25, 0.3) is 0 Å². The van der Waals surface area contributed by atoms with E-state index in [2.05, 4.69) is 35.9 Å². The first kappa shape index (κ1) is 17.0. The first-order valence-corrected chi connectivity index (χ1v) is 8.94. The van der Waals surface area contributed by atoms with Gasteiger partial charge in [0.2, 0.25) is 11.9 Å². The van der Waals surface area contributed by atoms with Crippen molar-refractivity contribution >= 4 is 40.8 Å². The van der Waals surface area contributed by atoms with Crippen LogP contribution in [0.25, 0.3) is 5.65 Å². The summed E-state index contributed by atoms with van der Waals surface area (Å²) in [4.78, 5) is 21.0. The fourth-order valence-electron chi connectivity index (χ4n) is 2.47. The second-order valence-corrected chi connectivity index (χ2v) is 6.91. The van der Waals surface area contributed by atoms with Crippen LogP contribution in [0.15, 0.2) is 52.6 Å². The Morgan fingerprint density at radius 1 is 1.22 bits per heavy atom. The highest BCUT2D eigenvalue weighted by molar-refractivity contribution is 7.99. The molecule has 0 fully saturated rings. The van der Waals surface area contributed by atoms with Crippen LogP contribution < -0.4 is 10.6 Å². The van der Waals surface area contributed by atoms with Crippen LogP contribution in [-0.4, -0.2) is 35.7 Å². The van der Waals surface area contributed by atoms with Gasteiger partial charge in [-0.3, -0.25) is 9.89 Å². The molecule has 0 unspecified atom stereocenters. The molecule has 4 aromatic rings. The van der Waals surface area contributed by atoms with Crippen LogP contribution in [0.5, 0.6) is 0 Å². The molecule has 0 atom stereocenters. The van der Waals surface area contributed by atoms with E-state index in [0.29, 0.717) is 17.4 Å². The minimum absolute atomic E-state index is 0.0985. The number of H-pyrrole nitrogens is 1. The third kappa shape index (κ3) is 3.90. The van der Waals surface area contributed by atoms with E-state index < -0.39 is 0 Å². The van der Waals surface area contributed by atoms with Crippen molar-refractivity contribution < 1.29 is 4.79 Å². The van der Waals surface area contributed by atoms with Crippen LogP contribution in [0.1, 0.15) is 12.6 Å². The lowest BCUT2D eigenvalue weighted by Gasteiger charge is -2.08. The van der Waals surface area contributed by atoms with Crippen LogP contribution >= 0.6 is 11.8 Å². The zero-order chi connectivity index (χ0) is 18.8. The summed E-state index contributed by atoms with van der Waals surface area (Å²) in [7, 11) is 0. The number of hydrogen-bond donors (Lipinski definition) is 3. The standard InChI is InChI=1S/C17H16N8OS/c1-10-7-14(24-23-10)21-17-22-16(8-15-18-9-19-25(15)17)27-13-5-3-12(4-6-13)20-11(2)26/h3-9H,1-2H3,(H,20,26)(H2,21,22,23,24). The number of anilines is 3. The van der Waals surface area contributed by atoms with E-state index >= 15 is 0 Å². The molecule has 1 amide bonds. The van der Waals surface area contributed by atoms with Gasteiger partial charge in [-0.2, -0.15) is 14.7 Å². The number of hydrogen-bond acceptors (Lipinski definition) is 7. The first-order chi connectivity index (χ1) is 13.1. The number of rotatable bonds is 5. The molecular weight excluding hydrogens is 364 g/mol. The third-order valence-corrected chi connectivity index (χ3v) is 4.51. The Morgan fingerprint density at radius 3 is 2.74 bits per heavy atom. The fourth-order valence-corrected chi connectivity index (χ4v) is 3.28. The lowest BCUT2D eigenvalue weighted by Crippen LogP contribution is -2.05. The minimum Gasteiger partial charge on any atom is -0.326 e. The van der Waals surface area contributed by atoms with Crippen molar-refractivity contribution in [3.05, 3.63) is 48.4 Å². The fraction of sp³-hybridized carbons (Fsp3) is 0.118. The van der Waals surface area contributed by atoms with E-state index in [1.54, 1.807) is 4.52 Å². The third-order valence-electron chi connectivity index (χ3n) is 3.59. The Hall–Kier alpha value is -3.40. The smallest absolute Gasteiger partial charge is 0.232 e. The van der Waals surface area contributed by atoms with Gasteiger partial charge in [-0.25, -0.2) is 9.97 Å². The summed E-state index contributed by atoms with van der Waals surface area (Å²) >= 11 is 1.49. The Morgan fingerprint density at radius 2 is 2.04 bits per heavy atom. The molecule has 3 N–H and O–H groups in total. The number of amides is 1. The Balaban J connectivity index is 1.61. The van der Waals surface area contributed by atoms with E-state index in [1.807, 2.05) is 43.3 Å². The molecular formula is C17H16N8OS. The molecule has 0 aliphatic heterocycles. The number of aromatic amines is 1. The predicted octanol–water partition coefficient (Wildman–Crippen LogP) is 3.01. The van der Waals surface area contributed by atoms with Crippen LogP contribution in [0.3, 0.4) is 0 Å². The first-order valence-electron chi connectivity index (χ1n) is 8.12. The van der Waals surface area contributed by atoms with Gasteiger partial charge in [0.1, 0.15) is 11.4 Å². The Labute approximate surface area is 158 Å². The van der Waals surface area contributed by atoms with Crippen LogP contribution in [-0.2, 0) is 4.79 Å². The predicted molar refractivity (Wildman–Crippen MR) is 102 cm³/mol. The van der Waals surface area contributed by atoms with Crippen molar-refractivity contribution in [2.75, 3.05) is 10.6 Å². The molecule has 0 aliphatic rings. The summed E-state index contributed by atoms with van der Waals surface area (Å²) < 4.78 is 1.62. The highest BCUT2D eigenvalue weighted by Gasteiger charge is 2.11. The van der Waals surface area contributed by atoms with Crippen molar-refractivity contribution in [1.29, 1.82) is 0 Å². The normalized spacial score (nSPS) is 10.9. The second-order valence-electron chi connectivity index (χ2n) is 5.82. The lowest BCUT2D eigenvalue weighted by molar-refractivity contribution is -0.114. The van der Waals surface area contributed by atoms with Crippen LogP contribution in [0.4, 0.5) is 17.5 Å².